The average molecular weight is 204 g/mol. The second-order valence-corrected chi connectivity index (χ2v) is 4.66. The van der Waals surface area contributed by atoms with Gasteiger partial charge in [0.2, 0.25) is 0 Å². The number of hydrogen-bond donors (Lipinski definition) is 1. The summed E-state index contributed by atoms with van der Waals surface area (Å²) in [6.45, 7) is 0. The first-order chi connectivity index (χ1) is 7.36. The van der Waals surface area contributed by atoms with Gasteiger partial charge in [-0.25, -0.2) is 0 Å². The highest BCUT2D eigenvalue weighted by molar-refractivity contribution is 5.15. The van der Waals surface area contributed by atoms with Crippen molar-refractivity contribution in [2.75, 3.05) is 0 Å². The highest BCUT2D eigenvalue weighted by Crippen LogP contribution is 2.27. The lowest BCUT2D eigenvalue weighted by molar-refractivity contribution is 0.0851. The largest absolute Gasteiger partial charge is 0.392 e. The Labute approximate surface area is 92.1 Å². The molecule has 0 heterocycles. The van der Waals surface area contributed by atoms with Gasteiger partial charge in [0.25, 0.3) is 0 Å². The third kappa shape index (κ3) is 3.07. The molecule has 1 saturated carbocycles. The van der Waals surface area contributed by atoms with Crippen LogP contribution in [-0.4, -0.2) is 11.2 Å². The standard InChI is InChI=1S/C14H20O/c15-14(13-9-5-2-6-10-13)11-12-7-3-1-4-8-12/h1,3-4,7-8,13-15H,2,5-6,9-11H2/t14-/m1/s1. The molecule has 0 aliphatic heterocycles. The Hall–Kier alpha value is -0.820. The van der Waals surface area contributed by atoms with Gasteiger partial charge in [-0.15, -0.1) is 0 Å². The maximum absolute atomic E-state index is 10.1. The highest BCUT2D eigenvalue weighted by atomic mass is 16.3. The molecule has 1 heteroatoms. The molecule has 2 rings (SSSR count). The van der Waals surface area contributed by atoms with Crippen molar-refractivity contribution in [3.05, 3.63) is 35.9 Å². The van der Waals surface area contributed by atoms with Crippen molar-refractivity contribution < 1.29 is 5.11 Å². The third-order valence-electron chi connectivity index (χ3n) is 3.48. The topological polar surface area (TPSA) is 20.2 Å². The Balaban J connectivity index is 1.88. The van der Waals surface area contributed by atoms with Crippen LogP contribution in [0.3, 0.4) is 0 Å². The van der Waals surface area contributed by atoms with Crippen molar-refractivity contribution in [3.63, 3.8) is 0 Å². The van der Waals surface area contributed by atoms with Crippen molar-refractivity contribution in [1.82, 2.24) is 0 Å². The molecule has 0 radical (unpaired) electrons. The van der Waals surface area contributed by atoms with Gasteiger partial charge in [-0.05, 0) is 30.7 Å². The van der Waals surface area contributed by atoms with Crippen LogP contribution in [-0.2, 0) is 6.42 Å². The van der Waals surface area contributed by atoms with Crippen LogP contribution in [0.1, 0.15) is 37.7 Å². The van der Waals surface area contributed by atoms with Gasteiger partial charge in [-0.1, -0.05) is 49.6 Å². The fourth-order valence-electron chi connectivity index (χ4n) is 2.54. The summed E-state index contributed by atoms with van der Waals surface area (Å²) in [5.74, 6) is 0.541. The molecule has 82 valence electrons. The smallest absolute Gasteiger partial charge is 0.0608 e. The first-order valence-electron chi connectivity index (χ1n) is 6.08. The van der Waals surface area contributed by atoms with Gasteiger partial charge in [0, 0.05) is 0 Å². The molecule has 0 aromatic heterocycles. The summed E-state index contributed by atoms with van der Waals surface area (Å²) in [4.78, 5) is 0. The number of aliphatic hydroxyl groups is 1. The quantitative estimate of drug-likeness (QED) is 0.801. The molecule has 15 heavy (non-hydrogen) atoms. The number of rotatable bonds is 3. The minimum Gasteiger partial charge on any atom is -0.392 e. The molecule has 0 amide bonds. The molecule has 1 aliphatic rings. The minimum absolute atomic E-state index is 0.132. The molecule has 1 aromatic carbocycles. The third-order valence-corrected chi connectivity index (χ3v) is 3.48. The molecule has 0 spiro atoms. The predicted octanol–water partition coefficient (Wildman–Crippen LogP) is 3.17. The summed E-state index contributed by atoms with van der Waals surface area (Å²) in [6, 6.07) is 10.3. The molecule has 1 atom stereocenters. The minimum atomic E-state index is -0.132. The molecule has 0 bridgehead atoms. The van der Waals surface area contributed by atoms with Gasteiger partial charge in [0.1, 0.15) is 0 Å². The van der Waals surface area contributed by atoms with Crippen LogP contribution in [0.25, 0.3) is 0 Å². The second kappa shape index (κ2) is 5.32. The van der Waals surface area contributed by atoms with E-state index in [1.54, 1.807) is 0 Å². The zero-order chi connectivity index (χ0) is 10.5. The Morgan fingerprint density at radius 2 is 1.73 bits per heavy atom. The Bertz CT molecular complexity index is 275. The molecule has 0 unspecified atom stereocenters. The molecule has 1 aromatic rings. The van der Waals surface area contributed by atoms with Gasteiger partial charge in [-0.3, -0.25) is 0 Å². The van der Waals surface area contributed by atoms with E-state index in [4.69, 9.17) is 0 Å². The van der Waals surface area contributed by atoms with Gasteiger partial charge >= 0.3 is 0 Å². The SMILES string of the molecule is O[C@H](Cc1ccccc1)C1CCCCC1. The summed E-state index contributed by atoms with van der Waals surface area (Å²) in [5.41, 5.74) is 1.26. The van der Waals surface area contributed by atoms with Crippen LogP contribution in [0.15, 0.2) is 30.3 Å². The molecule has 1 N–H and O–H groups in total. The van der Waals surface area contributed by atoms with Gasteiger partial charge in [0.05, 0.1) is 6.10 Å². The highest BCUT2D eigenvalue weighted by Gasteiger charge is 2.21. The number of benzene rings is 1. The monoisotopic (exact) mass is 204 g/mol. The lowest BCUT2D eigenvalue weighted by Gasteiger charge is -2.26. The zero-order valence-electron chi connectivity index (χ0n) is 9.23. The van der Waals surface area contributed by atoms with Gasteiger partial charge in [-0.2, -0.15) is 0 Å². The number of aliphatic hydroxyl groups excluding tert-OH is 1. The fourth-order valence-corrected chi connectivity index (χ4v) is 2.54. The summed E-state index contributed by atoms with van der Waals surface area (Å²) >= 11 is 0. The van der Waals surface area contributed by atoms with Crippen LogP contribution in [0.4, 0.5) is 0 Å². The van der Waals surface area contributed by atoms with Crippen molar-refractivity contribution in [2.24, 2.45) is 5.92 Å². The van der Waals surface area contributed by atoms with Gasteiger partial charge in [0.15, 0.2) is 0 Å². The van der Waals surface area contributed by atoms with Crippen molar-refractivity contribution >= 4 is 0 Å². The summed E-state index contributed by atoms with van der Waals surface area (Å²) in [5, 5.41) is 10.1. The average Bonchev–Trinajstić information content (AvgIpc) is 2.31. The second-order valence-electron chi connectivity index (χ2n) is 4.66. The fraction of sp³-hybridized carbons (Fsp3) is 0.571. The Kier molecular flexibility index (Phi) is 3.79. The first-order valence-corrected chi connectivity index (χ1v) is 6.08. The molecule has 1 aliphatic carbocycles. The van der Waals surface area contributed by atoms with E-state index in [-0.39, 0.29) is 6.10 Å². The van der Waals surface area contributed by atoms with Crippen LogP contribution in [0, 0.1) is 5.92 Å². The van der Waals surface area contributed by atoms with Crippen molar-refractivity contribution in [3.8, 4) is 0 Å². The maximum atomic E-state index is 10.1. The molecular weight excluding hydrogens is 184 g/mol. The number of hydrogen-bond acceptors (Lipinski definition) is 1. The van der Waals surface area contributed by atoms with E-state index in [0.717, 1.165) is 6.42 Å². The van der Waals surface area contributed by atoms with E-state index in [0.29, 0.717) is 5.92 Å². The van der Waals surface area contributed by atoms with Crippen molar-refractivity contribution in [2.45, 2.75) is 44.6 Å². The molecular formula is C14H20O. The molecule has 1 nitrogen and oxygen atoms in total. The van der Waals surface area contributed by atoms with E-state index in [2.05, 4.69) is 12.1 Å². The van der Waals surface area contributed by atoms with E-state index >= 15 is 0 Å². The Morgan fingerprint density at radius 3 is 2.40 bits per heavy atom. The predicted molar refractivity (Wildman–Crippen MR) is 62.7 cm³/mol. The summed E-state index contributed by atoms with van der Waals surface area (Å²) < 4.78 is 0. The van der Waals surface area contributed by atoms with Crippen LogP contribution in [0.2, 0.25) is 0 Å². The lowest BCUT2D eigenvalue weighted by atomic mass is 9.83. The zero-order valence-corrected chi connectivity index (χ0v) is 9.23. The first kappa shape index (κ1) is 10.7. The van der Waals surface area contributed by atoms with Crippen LogP contribution in [0.5, 0.6) is 0 Å². The lowest BCUT2D eigenvalue weighted by Crippen LogP contribution is -2.24. The van der Waals surface area contributed by atoms with E-state index in [9.17, 15) is 5.11 Å². The Morgan fingerprint density at radius 1 is 1.07 bits per heavy atom. The summed E-state index contributed by atoms with van der Waals surface area (Å²) in [7, 11) is 0. The van der Waals surface area contributed by atoms with Gasteiger partial charge < -0.3 is 5.11 Å². The van der Waals surface area contributed by atoms with Crippen LogP contribution >= 0.6 is 0 Å². The van der Waals surface area contributed by atoms with E-state index in [1.165, 1.54) is 37.7 Å². The molecule has 0 saturated heterocycles. The van der Waals surface area contributed by atoms with Crippen molar-refractivity contribution in [1.29, 1.82) is 0 Å². The normalized spacial score (nSPS) is 20.1. The van der Waals surface area contributed by atoms with E-state index < -0.39 is 0 Å². The van der Waals surface area contributed by atoms with Crippen LogP contribution < -0.4 is 0 Å². The molecule has 1 fully saturated rings. The maximum Gasteiger partial charge on any atom is 0.0608 e. The summed E-state index contributed by atoms with van der Waals surface area (Å²) in [6.07, 6.45) is 7.09. The van der Waals surface area contributed by atoms with E-state index in [1.807, 2.05) is 18.2 Å².